The fourth-order valence-corrected chi connectivity index (χ4v) is 18.4. The molecule has 0 fully saturated rings. The van der Waals surface area contributed by atoms with Crippen LogP contribution in [0.1, 0.15) is 171 Å². The average Bonchev–Trinajstić information content (AvgIpc) is 1.63. The average molecular weight is 1380 g/mol. The Bertz CT molecular complexity index is 5490. The minimum atomic E-state index is -2.22. The first-order valence-electron chi connectivity index (χ1n) is 33.4. The number of rotatable bonds is 9. The van der Waals surface area contributed by atoms with Gasteiger partial charge in [0, 0.05) is 104 Å². The van der Waals surface area contributed by atoms with Crippen LogP contribution in [0.4, 0.5) is 0 Å². The first-order chi connectivity index (χ1) is 49.6. The molecule has 0 spiro atoms. The van der Waals surface area contributed by atoms with Crippen LogP contribution >= 0.6 is 0 Å². The van der Waals surface area contributed by atoms with Crippen LogP contribution in [0.5, 0.6) is 103 Å². The summed E-state index contributed by atoms with van der Waals surface area (Å²) in [6, 6.07) is 52.5. The molecule has 12 aromatic carbocycles. The fourth-order valence-electron chi connectivity index (χ4n) is 18.4. The smallest absolute Gasteiger partial charge is 0.135 e. The van der Waals surface area contributed by atoms with Crippen molar-refractivity contribution < 1.29 is 95.9 Å². The zero-order valence-electron chi connectivity index (χ0n) is 53.9. The van der Waals surface area contributed by atoms with Crippen molar-refractivity contribution in [3.8, 4) is 103 Å². The van der Waals surface area contributed by atoms with E-state index in [1.807, 2.05) is 0 Å². The molecule has 19 heteroatoms. The van der Waals surface area contributed by atoms with Crippen LogP contribution in [0.25, 0.3) is 0 Å². The van der Waals surface area contributed by atoms with Crippen LogP contribution in [0.15, 0.2) is 212 Å². The second kappa shape index (κ2) is 22.5. The van der Waals surface area contributed by atoms with Crippen LogP contribution in [-0.4, -0.2) is 81.7 Å². The first kappa shape index (κ1) is 62.3. The number of fused-ring (bicyclic) bond motifs is 9. The Morgan fingerprint density at radius 1 is 0.252 bits per heavy atom. The molecule has 0 saturated heterocycles. The monoisotopic (exact) mass is 1370 g/mol. The maximum absolute atomic E-state index is 15.4. The molecule has 1 unspecified atom stereocenters. The number of phenols is 16. The van der Waals surface area contributed by atoms with Crippen molar-refractivity contribution in [1.82, 2.24) is 0 Å². The van der Waals surface area contributed by atoms with E-state index in [1.165, 1.54) is 127 Å². The maximum Gasteiger partial charge on any atom is 0.135 e. The lowest BCUT2D eigenvalue weighted by molar-refractivity contribution is -0.118. The Morgan fingerprint density at radius 2 is 0.680 bits per heavy atom. The van der Waals surface area contributed by atoms with Gasteiger partial charge in [0.15, 0.2) is 0 Å². The summed E-state index contributed by atoms with van der Waals surface area (Å²) in [6.45, 7) is 0. The molecule has 12 aromatic rings. The van der Waals surface area contributed by atoms with Gasteiger partial charge >= 0.3 is 0 Å². The van der Waals surface area contributed by atoms with Gasteiger partial charge in [-0.1, -0.05) is 72.8 Å². The Labute approximate surface area is 585 Å². The normalized spacial score (nSPS) is 23.4. The predicted octanol–water partition coefficient (Wildman–Crippen LogP) is 15.0. The second-order valence-electron chi connectivity index (χ2n) is 27.7. The Hall–Kier alpha value is -13.0. The predicted molar refractivity (Wildman–Crippen MR) is 372 cm³/mol. The summed E-state index contributed by atoms with van der Waals surface area (Å²) >= 11 is 0. The Morgan fingerprint density at radius 3 is 1.23 bits per heavy atom. The van der Waals surface area contributed by atoms with Gasteiger partial charge in [-0.05, 0) is 170 Å². The molecule has 0 saturated carbocycles. The summed E-state index contributed by atoms with van der Waals surface area (Å²) in [5.74, 6) is -14.0. The van der Waals surface area contributed by atoms with E-state index in [1.54, 1.807) is 78.9 Å². The van der Waals surface area contributed by atoms with Crippen molar-refractivity contribution in [1.29, 1.82) is 0 Å². The van der Waals surface area contributed by atoms with Gasteiger partial charge in [0.25, 0.3) is 0 Å². The maximum atomic E-state index is 15.4. The third-order valence-electron chi connectivity index (χ3n) is 22.1. The van der Waals surface area contributed by atoms with Crippen molar-refractivity contribution in [2.75, 3.05) is 0 Å². The van der Waals surface area contributed by atoms with Gasteiger partial charge in [-0.25, -0.2) is 0 Å². The van der Waals surface area contributed by atoms with E-state index >= 15 is 5.11 Å². The van der Waals surface area contributed by atoms with Crippen LogP contribution < -0.4 is 9.47 Å². The van der Waals surface area contributed by atoms with E-state index in [-0.39, 0.29) is 119 Å². The van der Waals surface area contributed by atoms with E-state index in [0.29, 0.717) is 61.2 Å². The van der Waals surface area contributed by atoms with Crippen LogP contribution in [0.3, 0.4) is 0 Å². The highest BCUT2D eigenvalue weighted by Crippen LogP contribution is 2.77. The highest BCUT2D eigenvalue weighted by molar-refractivity contribution is 5.80. The third-order valence-corrected chi connectivity index (χ3v) is 22.1. The van der Waals surface area contributed by atoms with Gasteiger partial charge < -0.3 is 95.9 Å². The lowest BCUT2D eigenvalue weighted by Gasteiger charge is -2.55. The zero-order valence-corrected chi connectivity index (χ0v) is 53.9. The number of aromatic hydroxyl groups is 16. The van der Waals surface area contributed by atoms with Gasteiger partial charge in [-0.2, -0.15) is 0 Å². The lowest BCUT2D eigenvalue weighted by Crippen LogP contribution is -2.49. The number of hydrogen-bond donors (Lipinski definition) is 16. The van der Waals surface area contributed by atoms with Crippen LogP contribution in [0, 0.1) is 0 Å². The highest BCUT2D eigenvalue weighted by Gasteiger charge is 2.64. The molecule has 4 aliphatic heterocycles. The molecule has 2 aliphatic carbocycles. The van der Waals surface area contributed by atoms with Crippen LogP contribution in [0.2, 0.25) is 0 Å². The molecule has 103 heavy (non-hydrogen) atoms. The minimum Gasteiger partial charge on any atom is -0.508 e. The standard InChI is InChI=1S/C84H62O19/c85-43-13-1-36(2-14-43)63-67-55(28-51(93)32-59(67)97)71-76-74-73(63)64(37-3-15-44(86)16-4-37)70(56-29-53(95)35-62-69(56)66(41-25-49(91)27-50(92)26-41)80(101-62)39-7-19-46(88)20-8-39)75(74)79(100)77(83(76)102-81(71)40-9-21-47(89)22-10-40)78-68-57(30-52(94)33-60(68)98)82-65(38-5-17-45(87)18-6-38)72-58(31-54(96)34-61(72)99)84(78,103-82)42-11-23-48(90)24-12-42/h1-35,63-66,70-71,73,78,80-82,85-100H/t63-,64-,65-,66-,70-,71+,73+,78?,80+,81+,82-,84-/m1/s1. The quantitative estimate of drug-likeness (QED) is 0.0638. The lowest BCUT2D eigenvalue weighted by atomic mass is 9.59. The van der Waals surface area contributed by atoms with Crippen molar-refractivity contribution >= 4 is 0 Å². The van der Waals surface area contributed by atoms with Gasteiger partial charge in [-0.3, -0.25) is 0 Å². The molecule has 4 heterocycles. The van der Waals surface area contributed by atoms with Gasteiger partial charge in [0.05, 0.1) is 23.9 Å². The van der Waals surface area contributed by atoms with E-state index in [0.717, 1.165) is 6.07 Å². The number of hydrogen-bond acceptors (Lipinski definition) is 19. The fraction of sp³-hybridized carbons (Fsp3) is 0.143. The molecule has 0 aromatic heterocycles. The first-order valence-corrected chi connectivity index (χ1v) is 33.4. The molecule has 0 radical (unpaired) electrons. The van der Waals surface area contributed by atoms with Gasteiger partial charge in [0.1, 0.15) is 121 Å². The molecule has 12 atom stereocenters. The summed E-state index contributed by atoms with van der Waals surface area (Å²) in [5, 5.41) is 193. The number of ether oxygens (including phenoxy) is 3. The third kappa shape index (κ3) is 9.24. The highest BCUT2D eigenvalue weighted by atomic mass is 16.5. The van der Waals surface area contributed by atoms with Crippen molar-refractivity contribution in [3.63, 3.8) is 0 Å². The van der Waals surface area contributed by atoms with Crippen LogP contribution in [-0.2, 0) is 10.3 Å². The second-order valence-corrected chi connectivity index (χ2v) is 27.7. The van der Waals surface area contributed by atoms with Crippen molar-refractivity contribution in [2.45, 2.75) is 71.3 Å². The molecule has 16 N–H and O–H groups in total. The number of benzene rings is 12. The molecular weight excluding hydrogens is 1310 g/mol. The van der Waals surface area contributed by atoms with E-state index < -0.39 is 100 Å². The van der Waals surface area contributed by atoms with Crippen molar-refractivity contribution in [3.05, 3.63) is 318 Å². The minimum absolute atomic E-state index is 0.0326. The topological polar surface area (TPSA) is 351 Å². The Kier molecular flexibility index (Phi) is 13.6. The van der Waals surface area contributed by atoms with Gasteiger partial charge in [0.2, 0.25) is 0 Å². The Balaban J connectivity index is 1.05. The van der Waals surface area contributed by atoms with E-state index in [2.05, 4.69) is 0 Å². The summed E-state index contributed by atoms with van der Waals surface area (Å²) in [6.07, 6.45) is -3.59. The molecule has 6 aliphatic rings. The van der Waals surface area contributed by atoms with Crippen molar-refractivity contribution in [2.24, 2.45) is 0 Å². The van der Waals surface area contributed by atoms with E-state index in [9.17, 15) is 76.6 Å². The molecule has 18 rings (SSSR count). The molecule has 19 nitrogen and oxygen atoms in total. The summed E-state index contributed by atoms with van der Waals surface area (Å²) in [5.41, 5.74) is 3.30. The SMILES string of the molecule is Oc1ccc([C@@H]2c3c(O)cc(O)cc3[C@H]3c4c(c(C5c6c(O)cc(O)cc6[C@H]6O[C@]5(c5ccc(O)cc5)c5cc(O)cc(O)c5[C@H]6c5ccc(O)cc5)c(O)c5c4[C@@H]2[C@H](c2ccc(O)cc2)[C@H]5c2cc(O)cc4c2[C@@H](c2cc(O)cc(O)c2)[C@H](c2ccc(O)cc2)O4)O[C@H]3c2ccc(O)cc2)cc1. The zero-order chi connectivity index (χ0) is 71.1. The summed E-state index contributed by atoms with van der Waals surface area (Å²) < 4.78 is 22.8. The summed E-state index contributed by atoms with van der Waals surface area (Å²) in [4.78, 5) is 0. The molecular formula is C84H62O19. The largest absolute Gasteiger partial charge is 0.508 e. The molecule has 0 amide bonds. The molecule has 512 valence electrons. The molecule has 2 bridgehead atoms. The van der Waals surface area contributed by atoms with E-state index in [4.69, 9.17) is 14.2 Å². The van der Waals surface area contributed by atoms with Gasteiger partial charge in [-0.15, -0.1) is 0 Å². The number of phenolic OH excluding ortho intramolecular Hbond substituents is 16. The summed E-state index contributed by atoms with van der Waals surface area (Å²) in [7, 11) is 0.